The number of nitrogens with one attached hydrogen (secondary N) is 1. The molecule has 2 nitrogen and oxygen atoms in total. The molecular formula is C11H10BrNO. The van der Waals surface area contributed by atoms with Gasteiger partial charge in [0.15, 0.2) is 5.43 Å². The monoisotopic (exact) mass is 251 g/mol. The minimum absolute atomic E-state index is 0.0700. The van der Waals surface area contributed by atoms with Gasteiger partial charge in [0.25, 0.3) is 0 Å². The predicted octanol–water partition coefficient (Wildman–Crippen LogP) is 2.91. The molecule has 0 aliphatic rings. The van der Waals surface area contributed by atoms with Gasteiger partial charge in [0.2, 0.25) is 0 Å². The van der Waals surface area contributed by atoms with Crippen molar-refractivity contribution in [3.8, 4) is 0 Å². The van der Waals surface area contributed by atoms with E-state index in [0.717, 1.165) is 26.6 Å². The van der Waals surface area contributed by atoms with Crippen LogP contribution in [0.4, 0.5) is 0 Å². The minimum atomic E-state index is 0.0700. The molecule has 0 fully saturated rings. The van der Waals surface area contributed by atoms with Crippen LogP contribution in [-0.4, -0.2) is 4.98 Å². The lowest BCUT2D eigenvalue weighted by Crippen LogP contribution is -2.03. The van der Waals surface area contributed by atoms with Crippen LogP contribution in [0.15, 0.2) is 27.5 Å². The van der Waals surface area contributed by atoms with Gasteiger partial charge in [-0.05, 0) is 31.5 Å². The van der Waals surface area contributed by atoms with E-state index in [9.17, 15) is 4.79 Å². The molecule has 14 heavy (non-hydrogen) atoms. The quantitative estimate of drug-likeness (QED) is 0.768. The topological polar surface area (TPSA) is 32.9 Å². The second-order valence-electron chi connectivity index (χ2n) is 3.46. The number of aromatic amines is 1. The number of hydrogen-bond donors (Lipinski definition) is 1. The molecule has 0 amide bonds. The van der Waals surface area contributed by atoms with Gasteiger partial charge < -0.3 is 4.98 Å². The van der Waals surface area contributed by atoms with Gasteiger partial charge in [-0.3, -0.25) is 4.79 Å². The maximum absolute atomic E-state index is 11.7. The van der Waals surface area contributed by atoms with E-state index in [4.69, 9.17) is 0 Å². The molecule has 0 aliphatic heterocycles. The summed E-state index contributed by atoms with van der Waals surface area (Å²) in [5.41, 5.74) is 2.97. The predicted molar refractivity (Wildman–Crippen MR) is 61.7 cm³/mol. The summed E-state index contributed by atoms with van der Waals surface area (Å²) in [5, 5.41) is 0.738. The van der Waals surface area contributed by atoms with Crippen molar-refractivity contribution in [3.63, 3.8) is 0 Å². The summed E-state index contributed by atoms with van der Waals surface area (Å²) in [4.78, 5) is 14.9. The van der Waals surface area contributed by atoms with Crippen LogP contribution in [0.25, 0.3) is 10.9 Å². The Kier molecular flexibility index (Phi) is 2.19. The van der Waals surface area contributed by atoms with Crippen molar-refractivity contribution in [2.75, 3.05) is 0 Å². The highest BCUT2D eigenvalue weighted by molar-refractivity contribution is 9.10. The fourth-order valence-electron chi connectivity index (χ4n) is 1.61. The molecule has 0 aliphatic carbocycles. The van der Waals surface area contributed by atoms with Gasteiger partial charge in [-0.1, -0.05) is 15.9 Å². The molecule has 0 unspecified atom stereocenters. The standard InChI is InChI=1S/C11H10BrNO/c1-6-3-8(12)5-9-10(14)4-7(2)13-11(6)9/h3-5H,1-2H3,(H,13,14). The maximum Gasteiger partial charge on any atom is 0.189 e. The van der Waals surface area contributed by atoms with Gasteiger partial charge in [-0.15, -0.1) is 0 Å². The molecule has 0 bridgehead atoms. The highest BCUT2D eigenvalue weighted by Crippen LogP contribution is 2.20. The van der Waals surface area contributed by atoms with Crippen LogP contribution >= 0.6 is 15.9 Å². The normalized spacial score (nSPS) is 10.8. The Morgan fingerprint density at radius 2 is 1.93 bits per heavy atom. The third-order valence-corrected chi connectivity index (χ3v) is 2.69. The third kappa shape index (κ3) is 1.48. The minimum Gasteiger partial charge on any atom is -0.358 e. The molecule has 0 spiro atoms. The van der Waals surface area contributed by atoms with Gasteiger partial charge >= 0.3 is 0 Å². The zero-order valence-corrected chi connectivity index (χ0v) is 9.60. The van der Waals surface area contributed by atoms with Crippen LogP contribution in [0, 0.1) is 13.8 Å². The molecule has 2 rings (SSSR count). The number of fused-ring (bicyclic) bond motifs is 1. The van der Waals surface area contributed by atoms with Crippen LogP contribution in [0.2, 0.25) is 0 Å². The van der Waals surface area contributed by atoms with E-state index in [2.05, 4.69) is 20.9 Å². The molecule has 3 heteroatoms. The Labute approximate surface area is 90.1 Å². The molecule has 0 radical (unpaired) electrons. The largest absolute Gasteiger partial charge is 0.358 e. The van der Waals surface area contributed by atoms with Crippen LogP contribution in [0.3, 0.4) is 0 Å². The molecule has 0 atom stereocenters. The summed E-state index contributed by atoms with van der Waals surface area (Å²) in [6.45, 7) is 3.88. The van der Waals surface area contributed by atoms with Crippen LogP contribution in [-0.2, 0) is 0 Å². The van der Waals surface area contributed by atoms with Crippen molar-refractivity contribution in [1.82, 2.24) is 4.98 Å². The van der Waals surface area contributed by atoms with Crippen molar-refractivity contribution in [2.45, 2.75) is 13.8 Å². The molecule has 2 aromatic rings. The van der Waals surface area contributed by atoms with Gasteiger partial charge in [0.05, 0.1) is 5.52 Å². The van der Waals surface area contributed by atoms with Crippen molar-refractivity contribution in [1.29, 1.82) is 0 Å². The Bertz CT molecular complexity index is 557. The molecule has 1 aromatic carbocycles. The first-order valence-electron chi connectivity index (χ1n) is 4.38. The fourth-order valence-corrected chi connectivity index (χ4v) is 2.18. The summed E-state index contributed by atoms with van der Waals surface area (Å²) in [7, 11) is 0. The number of halogens is 1. The van der Waals surface area contributed by atoms with Gasteiger partial charge in [0, 0.05) is 21.6 Å². The van der Waals surface area contributed by atoms with E-state index in [-0.39, 0.29) is 5.43 Å². The van der Waals surface area contributed by atoms with Crippen LogP contribution in [0.5, 0.6) is 0 Å². The van der Waals surface area contributed by atoms with E-state index in [1.54, 1.807) is 6.07 Å². The van der Waals surface area contributed by atoms with Crippen molar-refractivity contribution >= 4 is 26.8 Å². The van der Waals surface area contributed by atoms with Crippen molar-refractivity contribution < 1.29 is 0 Å². The van der Waals surface area contributed by atoms with Crippen molar-refractivity contribution in [2.24, 2.45) is 0 Å². The SMILES string of the molecule is Cc1cc(=O)c2cc(Br)cc(C)c2[nH]1. The number of hydrogen-bond acceptors (Lipinski definition) is 1. The zero-order valence-electron chi connectivity index (χ0n) is 8.02. The second-order valence-corrected chi connectivity index (χ2v) is 4.38. The lowest BCUT2D eigenvalue weighted by Gasteiger charge is -2.04. The van der Waals surface area contributed by atoms with Gasteiger partial charge in [-0.25, -0.2) is 0 Å². The zero-order chi connectivity index (χ0) is 10.3. The Morgan fingerprint density at radius 1 is 1.21 bits per heavy atom. The number of benzene rings is 1. The summed E-state index contributed by atoms with van der Waals surface area (Å²) in [6, 6.07) is 5.46. The summed E-state index contributed by atoms with van der Waals surface area (Å²) >= 11 is 3.38. The highest BCUT2D eigenvalue weighted by atomic mass is 79.9. The Hall–Kier alpha value is -1.09. The summed E-state index contributed by atoms with van der Waals surface area (Å²) in [5.74, 6) is 0. The van der Waals surface area contributed by atoms with Gasteiger partial charge in [0.1, 0.15) is 0 Å². The Balaban J connectivity index is 3.02. The second kappa shape index (κ2) is 3.24. The molecule has 72 valence electrons. The lowest BCUT2D eigenvalue weighted by molar-refractivity contribution is 1.23. The number of H-pyrrole nitrogens is 1. The van der Waals surface area contributed by atoms with Gasteiger partial charge in [-0.2, -0.15) is 0 Å². The summed E-state index contributed by atoms with van der Waals surface area (Å²) < 4.78 is 0.942. The maximum atomic E-state index is 11.7. The fraction of sp³-hybridized carbons (Fsp3) is 0.182. The van der Waals surface area contributed by atoms with E-state index in [1.807, 2.05) is 26.0 Å². The molecule has 1 N–H and O–H groups in total. The van der Waals surface area contributed by atoms with E-state index < -0.39 is 0 Å². The third-order valence-electron chi connectivity index (χ3n) is 2.24. The highest BCUT2D eigenvalue weighted by Gasteiger charge is 2.03. The van der Waals surface area contributed by atoms with Crippen molar-refractivity contribution in [3.05, 3.63) is 44.2 Å². The number of rotatable bonds is 0. The molecule has 1 heterocycles. The van der Waals surface area contributed by atoms with E-state index >= 15 is 0 Å². The smallest absolute Gasteiger partial charge is 0.189 e. The molecule has 0 saturated carbocycles. The number of aryl methyl sites for hydroxylation is 2. The van der Waals surface area contributed by atoms with E-state index in [0.29, 0.717) is 0 Å². The number of pyridine rings is 1. The van der Waals surface area contributed by atoms with Crippen LogP contribution in [0.1, 0.15) is 11.3 Å². The van der Waals surface area contributed by atoms with E-state index in [1.165, 1.54) is 0 Å². The molecular weight excluding hydrogens is 242 g/mol. The molecule has 1 aromatic heterocycles. The average molecular weight is 252 g/mol. The number of aromatic nitrogens is 1. The Morgan fingerprint density at radius 3 is 2.64 bits per heavy atom. The molecule has 0 saturated heterocycles. The first kappa shape index (κ1) is 9.46. The average Bonchev–Trinajstić information content (AvgIpc) is 2.07. The van der Waals surface area contributed by atoms with Crippen LogP contribution < -0.4 is 5.43 Å². The summed E-state index contributed by atoms with van der Waals surface area (Å²) in [6.07, 6.45) is 0. The lowest BCUT2D eigenvalue weighted by atomic mass is 10.1. The first-order valence-corrected chi connectivity index (χ1v) is 5.17. The first-order chi connectivity index (χ1) is 6.58.